The van der Waals surface area contributed by atoms with E-state index in [-0.39, 0.29) is 34.5 Å². The third-order valence-corrected chi connectivity index (χ3v) is 9.94. The Hall–Kier alpha value is -0.390. The molecule has 240 valence electrons. The molecule has 43 heavy (non-hydrogen) atoms. The number of benzene rings is 2. The SMILES string of the molecule is CCCCCCCCCCCCCCc1cccc2c(S(=O)(=O)[O-])ccc(CCCCCCCCCCCCCC)c12.[Na+]. The summed E-state index contributed by atoms with van der Waals surface area (Å²) in [7, 11) is -4.51. The molecule has 0 unspecified atom stereocenters. The fourth-order valence-corrected chi connectivity index (χ4v) is 7.16. The molecule has 0 amide bonds. The molecule has 0 fully saturated rings. The Kier molecular flexibility index (Phi) is 24.3. The van der Waals surface area contributed by atoms with Crippen LogP contribution in [0.3, 0.4) is 0 Å². The molecule has 0 heterocycles. The van der Waals surface area contributed by atoms with Crippen molar-refractivity contribution in [3.8, 4) is 0 Å². The molecule has 0 aliphatic heterocycles. The molecule has 0 bridgehead atoms. The van der Waals surface area contributed by atoms with Gasteiger partial charge in [-0.1, -0.05) is 179 Å². The van der Waals surface area contributed by atoms with Crippen LogP contribution in [0.1, 0.15) is 179 Å². The standard InChI is InChI=1S/C38H64O3S.Na/c1-3-5-7-9-11-13-15-17-19-21-23-25-28-34-30-27-31-36-37(42(39,40)41)33-32-35(38(34)36)29-26-24-22-20-18-16-14-12-10-8-6-4-2;/h27,30-33H,3-26,28-29H2,1-2H3,(H,39,40,41);/q;+1/p-1. The van der Waals surface area contributed by atoms with Crippen LogP contribution >= 0.6 is 0 Å². The molecule has 2 rings (SSSR count). The van der Waals surface area contributed by atoms with E-state index in [1.54, 1.807) is 6.07 Å². The summed E-state index contributed by atoms with van der Waals surface area (Å²) in [4.78, 5) is -0.0625. The molecule has 3 nitrogen and oxygen atoms in total. The van der Waals surface area contributed by atoms with Gasteiger partial charge in [-0.2, -0.15) is 0 Å². The van der Waals surface area contributed by atoms with E-state index in [0.29, 0.717) is 5.39 Å². The molecule has 2 aromatic carbocycles. The third kappa shape index (κ3) is 17.8. The average Bonchev–Trinajstić information content (AvgIpc) is 2.97. The Labute approximate surface area is 288 Å². The Bertz CT molecular complexity index is 1030. The molecule has 2 aromatic rings. The summed E-state index contributed by atoms with van der Waals surface area (Å²) in [6.45, 7) is 4.54. The minimum absolute atomic E-state index is 0. The normalized spacial score (nSPS) is 11.7. The van der Waals surface area contributed by atoms with Crippen LogP contribution in [0.2, 0.25) is 0 Å². The number of aryl methyl sites for hydroxylation is 2. The van der Waals surface area contributed by atoms with Crippen LogP contribution in [0.4, 0.5) is 0 Å². The molecule has 5 heteroatoms. The predicted octanol–water partition coefficient (Wildman–Crippen LogP) is 9.24. The van der Waals surface area contributed by atoms with E-state index in [0.717, 1.165) is 31.1 Å². The second kappa shape index (κ2) is 25.8. The maximum absolute atomic E-state index is 12.1. The van der Waals surface area contributed by atoms with E-state index >= 15 is 0 Å². The molecular formula is C38H63NaO3S. The summed E-state index contributed by atoms with van der Waals surface area (Å²) in [5.41, 5.74) is 2.41. The topological polar surface area (TPSA) is 57.2 Å². The number of hydrogen-bond acceptors (Lipinski definition) is 3. The van der Waals surface area contributed by atoms with Crippen molar-refractivity contribution < 1.29 is 42.5 Å². The zero-order valence-electron chi connectivity index (χ0n) is 28.4. The van der Waals surface area contributed by atoms with E-state index in [1.807, 2.05) is 18.2 Å². The Balaban J connectivity index is 0.00000924. The van der Waals surface area contributed by atoms with Gasteiger partial charge in [0.25, 0.3) is 0 Å². The smallest absolute Gasteiger partial charge is 0.744 e. The first-order valence-electron chi connectivity index (χ1n) is 18.0. The van der Waals surface area contributed by atoms with Crippen LogP contribution in [0.5, 0.6) is 0 Å². The van der Waals surface area contributed by atoms with E-state index in [2.05, 4.69) is 19.9 Å². The summed E-state index contributed by atoms with van der Waals surface area (Å²) in [6.07, 6.45) is 33.7. The zero-order chi connectivity index (χ0) is 30.3. The average molecular weight is 623 g/mol. The third-order valence-electron chi connectivity index (χ3n) is 9.04. The van der Waals surface area contributed by atoms with Crippen LogP contribution in [0.15, 0.2) is 35.2 Å². The van der Waals surface area contributed by atoms with Gasteiger partial charge in [-0.05, 0) is 53.6 Å². The van der Waals surface area contributed by atoms with Crippen LogP contribution in [-0.2, 0) is 23.0 Å². The van der Waals surface area contributed by atoms with Gasteiger partial charge in [-0.15, -0.1) is 0 Å². The van der Waals surface area contributed by atoms with Gasteiger partial charge in [0.05, 0.1) is 4.90 Å². The molecule has 0 radical (unpaired) electrons. The quantitative estimate of drug-likeness (QED) is 0.0567. The zero-order valence-corrected chi connectivity index (χ0v) is 31.2. The van der Waals surface area contributed by atoms with Gasteiger partial charge < -0.3 is 4.55 Å². The Morgan fingerprint density at radius 3 is 1.21 bits per heavy atom. The summed E-state index contributed by atoms with van der Waals surface area (Å²) in [5.74, 6) is 0. The maximum Gasteiger partial charge on any atom is 1.00 e. The summed E-state index contributed by atoms with van der Waals surface area (Å²) in [5, 5.41) is 1.65. The number of hydrogen-bond donors (Lipinski definition) is 0. The van der Waals surface area contributed by atoms with Crippen molar-refractivity contribution in [3.63, 3.8) is 0 Å². The van der Waals surface area contributed by atoms with Gasteiger partial charge in [0, 0.05) is 0 Å². The van der Waals surface area contributed by atoms with E-state index in [4.69, 9.17) is 0 Å². The summed E-state index contributed by atoms with van der Waals surface area (Å²) >= 11 is 0. The fraction of sp³-hybridized carbons (Fsp3) is 0.737. The molecule has 0 N–H and O–H groups in total. The van der Waals surface area contributed by atoms with Crippen LogP contribution in [-0.4, -0.2) is 13.0 Å². The Morgan fingerprint density at radius 2 is 0.837 bits per heavy atom. The maximum atomic E-state index is 12.1. The molecule has 0 spiro atoms. The van der Waals surface area contributed by atoms with Gasteiger partial charge in [-0.25, -0.2) is 8.42 Å². The first-order chi connectivity index (χ1) is 20.5. The van der Waals surface area contributed by atoms with Crippen LogP contribution in [0, 0.1) is 0 Å². The van der Waals surface area contributed by atoms with Gasteiger partial charge >= 0.3 is 29.6 Å². The van der Waals surface area contributed by atoms with Crippen molar-refractivity contribution in [2.45, 2.75) is 186 Å². The molecule has 0 aromatic heterocycles. The summed E-state index contributed by atoms with van der Waals surface area (Å²) in [6, 6.07) is 9.37. The van der Waals surface area contributed by atoms with Gasteiger partial charge in [0.1, 0.15) is 10.1 Å². The van der Waals surface area contributed by atoms with Gasteiger partial charge in [-0.3, -0.25) is 0 Å². The van der Waals surface area contributed by atoms with Crippen LogP contribution in [0.25, 0.3) is 10.8 Å². The molecule has 0 atom stereocenters. The molecule has 0 aliphatic carbocycles. The van der Waals surface area contributed by atoms with Crippen LogP contribution < -0.4 is 29.6 Å². The first kappa shape index (κ1) is 40.6. The fourth-order valence-electron chi connectivity index (χ4n) is 6.48. The molecule has 0 aliphatic rings. The van der Waals surface area contributed by atoms with Crippen molar-refractivity contribution in [1.29, 1.82) is 0 Å². The van der Waals surface area contributed by atoms with Gasteiger partial charge in [0.15, 0.2) is 0 Å². The monoisotopic (exact) mass is 622 g/mol. The van der Waals surface area contributed by atoms with E-state index in [1.165, 1.54) is 152 Å². The van der Waals surface area contributed by atoms with Crippen molar-refractivity contribution >= 4 is 20.9 Å². The van der Waals surface area contributed by atoms with Crippen molar-refractivity contribution in [1.82, 2.24) is 0 Å². The first-order valence-corrected chi connectivity index (χ1v) is 19.4. The Morgan fingerprint density at radius 1 is 0.488 bits per heavy atom. The van der Waals surface area contributed by atoms with E-state index < -0.39 is 10.1 Å². The number of fused-ring (bicyclic) bond motifs is 1. The van der Waals surface area contributed by atoms with Crippen molar-refractivity contribution in [2.75, 3.05) is 0 Å². The molecule has 0 saturated heterocycles. The largest absolute Gasteiger partial charge is 1.00 e. The number of unbranched alkanes of at least 4 members (excludes halogenated alkanes) is 22. The summed E-state index contributed by atoms with van der Waals surface area (Å²) < 4.78 is 36.2. The van der Waals surface area contributed by atoms with Crippen molar-refractivity contribution in [2.24, 2.45) is 0 Å². The minimum Gasteiger partial charge on any atom is -0.744 e. The second-order valence-corrected chi connectivity index (χ2v) is 14.1. The predicted molar refractivity (Wildman–Crippen MR) is 181 cm³/mol. The number of rotatable bonds is 27. The molecular weight excluding hydrogens is 559 g/mol. The second-order valence-electron chi connectivity index (χ2n) is 12.8. The van der Waals surface area contributed by atoms with Gasteiger partial charge in [0.2, 0.25) is 0 Å². The van der Waals surface area contributed by atoms with Crippen molar-refractivity contribution in [3.05, 3.63) is 41.5 Å². The molecule has 0 saturated carbocycles. The van der Waals surface area contributed by atoms with E-state index in [9.17, 15) is 13.0 Å². The minimum atomic E-state index is -4.51.